The van der Waals surface area contributed by atoms with E-state index in [1.807, 2.05) is 0 Å². The highest BCUT2D eigenvalue weighted by molar-refractivity contribution is 6.69. The average Bonchev–Trinajstić information content (AvgIpc) is 2.81. The molecule has 1 aliphatic carbocycles. The number of ether oxygens (including phenoxy) is 2. The molecule has 102 valence electrons. The zero-order valence-electron chi connectivity index (χ0n) is 11.7. The van der Waals surface area contributed by atoms with Crippen molar-refractivity contribution in [2.45, 2.75) is 57.2 Å². The highest BCUT2D eigenvalue weighted by Crippen LogP contribution is 2.39. The molecule has 0 N–H and O–H groups in total. The Labute approximate surface area is 111 Å². The van der Waals surface area contributed by atoms with Crippen LogP contribution < -0.4 is 0 Å². The summed E-state index contributed by atoms with van der Waals surface area (Å²) in [5.74, 6) is 3.40. The van der Waals surface area contributed by atoms with Gasteiger partial charge in [-0.15, -0.1) is 6.42 Å². The Balaban J connectivity index is 1.92. The third-order valence-electron chi connectivity index (χ3n) is 3.64. The zero-order chi connectivity index (χ0) is 13.2. The van der Waals surface area contributed by atoms with Crippen LogP contribution in [0.5, 0.6) is 0 Å². The van der Waals surface area contributed by atoms with Gasteiger partial charge in [0.15, 0.2) is 14.6 Å². The van der Waals surface area contributed by atoms with E-state index in [0.29, 0.717) is 5.92 Å². The summed E-state index contributed by atoms with van der Waals surface area (Å²) in [6, 6.07) is 0. The third-order valence-corrected chi connectivity index (χ3v) is 4.64. The van der Waals surface area contributed by atoms with Gasteiger partial charge in [0.1, 0.15) is 5.60 Å². The Morgan fingerprint density at radius 3 is 2.17 bits per heavy atom. The van der Waals surface area contributed by atoms with Gasteiger partial charge in [-0.3, -0.25) is 0 Å². The molecule has 2 aliphatic rings. The molecule has 0 bridgehead atoms. The molecular weight excluding hydrogens is 244 g/mol. The van der Waals surface area contributed by atoms with Crippen molar-refractivity contribution in [2.75, 3.05) is 13.2 Å². The van der Waals surface area contributed by atoms with Crippen molar-refractivity contribution in [1.29, 1.82) is 0 Å². The first-order chi connectivity index (χ1) is 8.44. The minimum atomic E-state index is -1.60. The number of hydrogen-bond donors (Lipinski definition) is 0. The van der Waals surface area contributed by atoms with Crippen LogP contribution in [0.4, 0.5) is 0 Å². The van der Waals surface area contributed by atoms with Crippen LogP contribution in [0.25, 0.3) is 0 Å². The molecular formula is C14H24O3Si. The lowest BCUT2D eigenvalue weighted by Gasteiger charge is -2.41. The Morgan fingerprint density at radius 1 is 1.17 bits per heavy atom. The molecule has 4 heteroatoms. The van der Waals surface area contributed by atoms with Crippen molar-refractivity contribution in [1.82, 2.24) is 0 Å². The summed E-state index contributed by atoms with van der Waals surface area (Å²) in [6.45, 7) is 8.05. The van der Waals surface area contributed by atoms with Crippen molar-refractivity contribution in [3.05, 3.63) is 0 Å². The smallest absolute Gasteiger partial charge is 0.185 e. The second-order valence-electron chi connectivity index (χ2n) is 6.30. The van der Waals surface area contributed by atoms with Crippen molar-refractivity contribution in [2.24, 2.45) is 5.92 Å². The zero-order valence-corrected chi connectivity index (χ0v) is 12.7. The summed E-state index contributed by atoms with van der Waals surface area (Å²) in [6.07, 6.45) is 9.67. The standard InChI is InChI=1S/C14H24O3Si/c1-5-14(17-18(2,3)4)8-6-12(7-9-14)13-15-10-11-16-13/h1,12-13H,6-11H2,2-4H3. The highest BCUT2D eigenvalue weighted by Gasteiger charge is 2.41. The van der Waals surface area contributed by atoms with Crippen LogP contribution in [-0.2, 0) is 13.9 Å². The SMILES string of the molecule is C#CC1(O[Si](C)(C)C)CCC(C2OCCO2)CC1. The molecule has 1 saturated heterocycles. The third kappa shape index (κ3) is 3.36. The summed E-state index contributed by atoms with van der Waals surface area (Å²) in [5, 5.41) is 0. The topological polar surface area (TPSA) is 27.7 Å². The lowest BCUT2D eigenvalue weighted by molar-refractivity contribution is -0.103. The van der Waals surface area contributed by atoms with E-state index < -0.39 is 8.32 Å². The lowest BCUT2D eigenvalue weighted by Crippen LogP contribution is -2.45. The van der Waals surface area contributed by atoms with Gasteiger partial charge in [-0.2, -0.15) is 0 Å². The quantitative estimate of drug-likeness (QED) is 0.582. The number of terminal acetylenes is 1. The molecule has 0 aromatic heterocycles. The van der Waals surface area contributed by atoms with E-state index in [4.69, 9.17) is 20.3 Å². The van der Waals surface area contributed by atoms with Crippen LogP contribution in [0.3, 0.4) is 0 Å². The summed E-state index contributed by atoms with van der Waals surface area (Å²) < 4.78 is 17.4. The lowest BCUT2D eigenvalue weighted by atomic mass is 9.79. The second-order valence-corrected chi connectivity index (χ2v) is 10.7. The molecule has 0 unspecified atom stereocenters. The molecule has 1 heterocycles. The van der Waals surface area contributed by atoms with E-state index >= 15 is 0 Å². The average molecular weight is 268 g/mol. The maximum Gasteiger partial charge on any atom is 0.185 e. The predicted molar refractivity (Wildman–Crippen MR) is 73.6 cm³/mol. The Hall–Kier alpha value is -0.343. The van der Waals surface area contributed by atoms with Crippen LogP contribution in [0.2, 0.25) is 19.6 Å². The molecule has 0 radical (unpaired) electrons. The van der Waals surface area contributed by atoms with Crippen molar-refractivity contribution in [3.8, 4) is 12.3 Å². The van der Waals surface area contributed by atoms with Gasteiger partial charge in [0.05, 0.1) is 13.2 Å². The maximum absolute atomic E-state index is 6.25. The van der Waals surface area contributed by atoms with E-state index in [1.54, 1.807) is 0 Å². The van der Waals surface area contributed by atoms with Gasteiger partial charge >= 0.3 is 0 Å². The highest BCUT2D eigenvalue weighted by atomic mass is 28.4. The normalized spacial score (nSPS) is 34.4. The summed E-state index contributed by atoms with van der Waals surface area (Å²) >= 11 is 0. The van der Waals surface area contributed by atoms with Crippen LogP contribution in [-0.4, -0.2) is 33.4 Å². The van der Waals surface area contributed by atoms with Gasteiger partial charge < -0.3 is 13.9 Å². The second kappa shape index (κ2) is 5.34. The van der Waals surface area contributed by atoms with Gasteiger partial charge in [-0.25, -0.2) is 0 Å². The van der Waals surface area contributed by atoms with Gasteiger partial charge in [-0.1, -0.05) is 5.92 Å². The first-order valence-corrected chi connectivity index (χ1v) is 10.3. The molecule has 0 aromatic rings. The van der Waals surface area contributed by atoms with Crippen LogP contribution in [0.15, 0.2) is 0 Å². The van der Waals surface area contributed by atoms with Gasteiger partial charge in [0, 0.05) is 5.92 Å². The van der Waals surface area contributed by atoms with Crippen LogP contribution in [0.1, 0.15) is 25.7 Å². The fourth-order valence-corrected chi connectivity index (χ4v) is 4.32. The summed E-state index contributed by atoms with van der Waals surface area (Å²) in [7, 11) is -1.60. The largest absolute Gasteiger partial charge is 0.402 e. The maximum atomic E-state index is 6.25. The molecule has 3 nitrogen and oxygen atoms in total. The fraction of sp³-hybridized carbons (Fsp3) is 0.857. The monoisotopic (exact) mass is 268 g/mol. The minimum Gasteiger partial charge on any atom is -0.402 e. The van der Waals surface area contributed by atoms with Crippen LogP contribution >= 0.6 is 0 Å². The Bertz CT molecular complexity index is 315. The molecule has 0 spiro atoms. The summed E-state index contributed by atoms with van der Waals surface area (Å²) in [5.41, 5.74) is -0.334. The van der Waals surface area contributed by atoms with Gasteiger partial charge in [-0.05, 0) is 45.3 Å². The molecule has 18 heavy (non-hydrogen) atoms. The van der Waals surface area contributed by atoms with Crippen LogP contribution in [0, 0.1) is 18.3 Å². The molecule has 0 aromatic carbocycles. The molecule has 2 rings (SSSR count). The van der Waals surface area contributed by atoms with Gasteiger partial charge in [0.25, 0.3) is 0 Å². The van der Waals surface area contributed by atoms with E-state index in [2.05, 4.69) is 25.6 Å². The van der Waals surface area contributed by atoms with Crippen molar-refractivity contribution < 1.29 is 13.9 Å². The molecule has 1 saturated carbocycles. The van der Waals surface area contributed by atoms with E-state index in [9.17, 15) is 0 Å². The van der Waals surface area contributed by atoms with Gasteiger partial charge in [0.2, 0.25) is 0 Å². The first kappa shape index (κ1) is 14.1. The van der Waals surface area contributed by atoms with Crippen molar-refractivity contribution >= 4 is 8.32 Å². The van der Waals surface area contributed by atoms with E-state index in [-0.39, 0.29) is 11.9 Å². The molecule has 1 aliphatic heterocycles. The van der Waals surface area contributed by atoms with E-state index in [0.717, 1.165) is 38.9 Å². The first-order valence-electron chi connectivity index (χ1n) is 6.85. The van der Waals surface area contributed by atoms with E-state index in [1.165, 1.54) is 0 Å². The predicted octanol–water partition coefficient (Wildman–Crippen LogP) is 2.77. The Morgan fingerprint density at radius 2 is 1.72 bits per heavy atom. The number of hydrogen-bond acceptors (Lipinski definition) is 3. The minimum absolute atomic E-state index is 0.00680. The molecule has 0 atom stereocenters. The van der Waals surface area contributed by atoms with Crippen molar-refractivity contribution in [3.63, 3.8) is 0 Å². The number of rotatable bonds is 3. The molecule has 2 fully saturated rings. The fourth-order valence-electron chi connectivity index (χ4n) is 2.89. The summed E-state index contributed by atoms with van der Waals surface area (Å²) in [4.78, 5) is 0. The Kier molecular flexibility index (Phi) is 4.17. The molecule has 0 amide bonds.